The van der Waals surface area contributed by atoms with Gasteiger partial charge < -0.3 is 67.0 Å². The maximum Gasteiger partial charge on any atom is 0.251 e. The summed E-state index contributed by atoms with van der Waals surface area (Å²) in [5.41, 5.74) is 1.49. The predicted molar refractivity (Wildman–Crippen MR) is 178 cm³/mol. The molecule has 0 aliphatic heterocycles. The number of aliphatic hydroxyl groups excluding tert-OH is 10. The van der Waals surface area contributed by atoms with Gasteiger partial charge in [-0.1, -0.05) is 36.4 Å². The Morgan fingerprint density at radius 3 is 1.63 bits per heavy atom. The second-order valence-electron chi connectivity index (χ2n) is 12.0. The van der Waals surface area contributed by atoms with Crippen LogP contribution >= 0.6 is 0 Å². The van der Waals surface area contributed by atoms with Crippen molar-refractivity contribution in [2.75, 3.05) is 57.8 Å². The maximum absolute atomic E-state index is 13.4. The lowest BCUT2D eigenvalue weighted by atomic mass is 9.83. The molecule has 0 unspecified atom stereocenters. The van der Waals surface area contributed by atoms with Crippen molar-refractivity contribution in [3.8, 4) is 0 Å². The highest BCUT2D eigenvalue weighted by Gasteiger charge is 2.35. The summed E-state index contributed by atoms with van der Waals surface area (Å²) in [6.07, 6.45) is -15.8. The molecule has 8 atom stereocenters. The number of ketones is 2. The number of benzene rings is 2. The lowest BCUT2D eigenvalue weighted by Crippen LogP contribution is -2.52. The molecule has 51 heavy (non-hydrogen) atoms. The van der Waals surface area contributed by atoms with Gasteiger partial charge in [0.25, 0.3) is 11.8 Å². The normalized spacial score (nSPS) is 17.3. The number of carbonyl (C=O) groups is 4. The molecule has 18 nitrogen and oxygen atoms in total. The molecule has 3 rings (SSSR count). The van der Waals surface area contributed by atoms with Gasteiger partial charge in [-0.2, -0.15) is 0 Å². The van der Waals surface area contributed by atoms with Crippen molar-refractivity contribution in [1.29, 1.82) is 0 Å². The van der Waals surface area contributed by atoms with E-state index in [1.807, 2.05) is 0 Å². The zero-order valence-corrected chi connectivity index (χ0v) is 27.6. The summed E-state index contributed by atoms with van der Waals surface area (Å²) in [4.78, 5) is 53.0. The number of hydrogen-bond donors (Lipinski definition) is 13. The fourth-order valence-electron chi connectivity index (χ4n) is 5.39. The minimum absolute atomic E-state index is 0.0320. The first kappa shape index (κ1) is 41.5. The maximum atomic E-state index is 13.4. The SMILES string of the molecule is O=C1c2ccccc2C(=O)c2c(NCCN(CCCNC(=O)[C@@H](O)[C@@H](O)[C@@H](O)[C@@H](O)CO)CCNC(=O)[C@@H](O)[C@@H](O)[C@@H](O)[C@@H](O)CO)cccc21. The number of fused-ring (bicyclic) bond motifs is 2. The molecule has 2 aromatic carbocycles. The molecule has 18 heteroatoms. The fraction of sp³-hybridized carbons (Fsp3) is 0.515. The Bertz CT molecular complexity index is 1500. The lowest BCUT2D eigenvalue weighted by Gasteiger charge is -2.27. The Morgan fingerprint density at radius 2 is 1.08 bits per heavy atom. The van der Waals surface area contributed by atoms with Crippen LogP contribution in [0.15, 0.2) is 42.5 Å². The van der Waals surface area contributed by atoms with Crippen molar-refractivity contribution < 1.29 is 70.2 Å². The second kappa shape index (κ2) is 19.6. The Kier molecular flexibility index (Phi) is 16.0. The van der Waals surface area contributed by atoms with Crippen LogP contribution in [0.3, 0.4) is 0 Å². The molecule has 13 N–H and O–H groups in total. The molecule has 282 valence electrons. The average molecular weight is 723 g/mol. The number of hydrogen-bond acceptors (Lipinski definition) is 16. The van der Waals surface area contributed by atoms with Gasteiger partial charge in [-0.05, 0) is 19.0 Å². The van der Waals surface area contributed by atoms with Gasteiger partial charge in [0.05, 0.1) is 18.8 Å². The number of rotatable bonds is 21. The van der Waals surface area contributed by atoms with Gasteiger partial charge in [0.1, 0.15) is 36.6 Å². The standard InChI is InChI=1S/C33H46N4O14/c38-15-21(40)26(44)28(46)30(48)32(50)35-9-4-12-37(14-11-36-33(51)31(49)29(47)27(45)22(41)16-39)13-10-34-20-8-3-7-19-23(20)25(43)18-6-2-1-5-17(18)24(19)42/h1-3,5-8,21-22,26-31,34,38-41,44-49H,4,9-16H2,(H,35,50)(H,36,51)/t21-,22-,26-,27-,28-,29-,30-,31-/m0/s1. The molecule has 0 radical (unpaired) electrons. The highest BCUT2D eigenvalue weighted by atomic mass is 16.4. The van der Waals surface area contributed by atoms with Gasteiger partial charge in [-0.15, -0.1) is 0 Å². The van der Waals surface area contributed by atoms with Crippen LogP contribution in [0.2, 0.25) is 0 Å². The van der Waals surface area contributed by atoms with Gasteiger partial charge in [0.15, 0.2) is 23.8 Å². The number of aliphatic hydroxyl groups is 10. The number of nitrogens with zero attached hydrogens (tertiary/aromatic N) is 1. The van der Waals surface area contributed by atoms with Gasteiger partial charge in [-0.25, -0.2) is 0 Å². The largest absolute Gasteiger partial charge is 0.394 e. The van der Waals surface area contributed by atoms with Crippen LogP contribution in [0, 0.1) is 0 Å². The molecule has 0 saturated carbocycles. The van der Waals surface area contributed by atoms with Gasteiger partial charge in [0, 0.05) is 55.1 Å². The topological polar surface area (TPSA) is 310 Å². The molecule has 1 aliphatic rings. The quantitative estimate of drug-likeness (QED) is 0.0457. The first-order valence-electron chi connectivity index (χ1n) is 16.2. The third-order valence-electron chi connectivity index (χ3n) is 8.42. The zero-order valence-electron chi connectivity index (χ0n) is 27.6. The van der Waals surface area contributed by atoms with E-state index in [0.29, 0.717) is 11.3 Å². The van der Waals surface area contributed by atoms with Gasteiger partial charge in [0.2, 0.25) is 0 Å². The van der Waals surface area contributed by atoms with E-state index in [2.05, 4.69) is 16.0 Å². The lowest BCUT2D eigenvalue weighted by molar-refractivity contribution is -0.149. The van der Waals surface area contributed by atoms with Crippen LogP contribution in [-0.2, 0) is 9.59 Å². The van der Waals surface area contributed by atoms with Crippen LogP contribution in [0.25, 0.3) is 0 Å². The molecule has 2 aromatic rings. The van der Waals surface area contributed by atoms with Crippen LogP contribution < -0.4 is 16.0 Å². The summed E-state index contributed by atoms with van der Waals surface area (Å²) in [5.74, 6) is -2.73. The minimum Gasteiger partial charge on any atom is -0.394 e. The average Bonchev–Trinajstić information content (AvgIpc) is 3.15. The first-order valence-corrected chi connectivity index (χ1v) is 16.2. The van der Waals surface area contributed by atoms with Crippen LogP contribution in [0.4, 0.5) is 5.69 Å². The van der Waals surface area contributed by atoms with E-state index in [-0.39, 0.29) is 73.9 Å². The summed E-state index contributed by atoms with van der Waals surface area (Å²) in [6, 6.07) is 11.4. The van der Waals surface area contributed by atoms with E-state index in [9.17, 15) is 60.0 Å². The van der Waals surface area contributed by atoms with Gasteiger partial charge >= 0.3 is 0 Å². The van der Waals surface area contributed by atoms with Crippen LogP contribution in [0.1, 0.15) is 38.3 Å². The summed E-state index contributed by atoms with van der Waals surface area (Å²) in [5, 5.41) is 104. The van der Waals surface area contributed by atoms with Gasteiger partial charge in [-0.3, -0.25) is 24.1 Å². The van der Waals surface area contributed by atoms with Crippen molar-refractivity contribution in [3.05, 3.63) is 64.7 Å². The Hall–Kier alpha value is -3.92. The molecule has 0 aromatic heterocycles. The van der Waals surface area contributed by atoms with Crippen molar-refractivity contribution in [3.63, 3.8) is 0 Å². The smallest absolute Gasteiger partial charge is 0.251 e. The minimum atomic E-state index is -2.14. The van der Waals surface area contributed by atoms with Crippen LogP contribution in [0.5, 0.6) is 0 Å². The summed E-state index contributed by atoms with van der Waals surface area (Å²) >= 11 is 0. The molecular formula is C33H46N4O14. The van der Waals surface area contributed by atoms with E-state index in [1.54, 1.807) is 47.4 Å². The predicted octanol–water partition coefficient (Wildman–Crippen LogP) is -5.33. The van der Waals surface area contributed by atoms with E-state index < -0.39 is 73.9 Å². The fourth-order valence-corrected chi connectivity index (χ4v) is 5.39. The number of nitrogens with one attached hydrogen (secondary N) is 3. The van der Waals surface area contributed by atoms with Crippen LogP contribution in [-0.4, -0.2) is 181 Å². The van der Waals surface area contributed by atoms with Crippen molar-refractivity contribution in [2.24, 2.45) is 0 Å². The first-order chi connectivity index (χ1) is 24.2. The summed E-state index contributed by atoms with van der Waals surface area (Å²) in [6.45, 7) is -1.07. The highest BCUT2D eigenvalue weighted by Crippen LogP contribution is 2.31. The van der Waals surface area contributed by atoms with Crippen molar-refractivity contribution in [1.82, 2.24) is 15.5 Å². The summed E-state index contributed by atoms with van der Waals surface area (Å²) in [7, 11) is 0. The Morgan fingerprint density at radius 1 is 0.588 bits per heavy atom. The second-order valence-corrected chi connectivity index (χ2v) is 12.0. The molecule has 0 heterocycles. The Labute approximate surface area is 292 Å². The molecule has 0 fully saturated rings. The molecule has 2 amide bonds. The van der Waals surface area contributed by atoms with E-state index in [4.69, 9.17) is 10.2 Å². The summed E-state index contributed by atoms with van der Waals surface area (Å²) < 4.78 is 0. The van der Waals surface area contributed by atoms with E-state index in [1.165, 1.54) is 0 Å². The van der Waals surface area contributed by atoms with Crippen molar-refractivity contribution in [2.45, 2.75) is 55.3 Å². The zero-order chi connectivity index (χ0) is 37.8. The monoisotopic (exact) mass is 722 g/mol. The van der Waals surface area contributed by atoms with E-state index >= 15 is 0 Å². The Balaban J connectivity index is 1.63. The molecule has 0 spiro atoms. The third-order valence-corrected chi connectivity index (χ3v) is 8.42. The number of anilines is 1. The van der Waals surface area contributed by atoms with Crippen molar-refractivity contribution >= 4 is 29.1 Å². The number of carbonyl (C=O) groups excluding carboxylic acids is 4. The third kappa shape index (κ3) is 10.6. The molecule has 0 saturated heterocycles. The van der Waals surface area contributed by atoms with E-state index in [0.717, 1.165) is 0 Å². The molecule has 1 aliphatic carbocycles. The highest BCUT2D eigenvalue weighted by molar-refractivity contribution is 6.30. The molecule has 0 bridgehead atoms. The molecular weight excluding hydrogens is 676 g/mol. The number of amides is 2.